The highest BCUT2D eigenvalue weighted by Gasteiger charge is 2.09. The molecule has 0 saturated carbocycles. The minimum Gasteiger partial charge on any atom is -0.470 e. The fraction of sp³-hybridized carbons (Fsp3) is 0.278. The minimum atomic E-state index is -0.216. The van der Waals surface area contributed by atoms with Crippen molar-refractivity contribution in [1.82, 2.24) is 24.9 Å². The molecule has 3 rings (SSSR count). The van der Waals surface area contributed by atoms with Gasteiger partial charge in [-0.3, -0.25) is 9.48 Å². The number of aromatic nitrogens is 4. The molecule has 0 bridgehead atoms. The third-order valence-corrected chi connectivity index (χ3v) is 4.53. The molecule has 27 heavy (non-hydrogen) atoms. The van der Waals surface area contributed by atoms with Crippen molar-refractivity contribution in [2.45, 2.75) is 26.6 Å². The molecule has 7 nitrogen and oxygen atoms in total. The van der Waals surface area contributed by atoms with Gasteiger partial charge in [-0.15, -0.1) is 0 Å². The van der Waals surface area contributed by atoms with Crippen LogP contribution in [0.2, 0.25) is 5.02 Å². The van der Waals surface area contributed by atoms with E-state index in [0.29, 0.717) is 23.0 Å². The van der Waals surface area contributed by atoms with Gasteiger partial charge in [-0.1, -0.05) is 27.5 Å². The number of carbonyl (C=O) groups is 1. The van der Waals surface area contributed by atoms with Crippen molar-refractivity contribution < 1.29 is 9.53 Å². The zero-order valence-electron chi connectivity index (χ0n) is 14.7. The van der Waals surface area contributed by atoms with Crippen molar-refractivity contribution in [1.29, 1.82) is 0 Å². The molecule has 142 valence electrons. The Morgan fingerprint density at radius 2 is 2.04 bits per heavy atom. The third kappa shape index (κ3) is 5.58. The Morgan fingerprint density at radius 3 is 2.78 bits per heavy atom. The number of hydrogen-bond donors (Lipinski definition) is 1. The summed E-state index contributed by atoms with van der Waals surface area (Å²) in [7, 11) is 0. The molecule has 0 spiro atoms. The smallest absolute Gasteiger partial charge is 0.271 e. The Labute approximate surface area is 170 Å². The van der Waals surface area contributed by atoms with E-state index in [2.05, 4.69) is 31.4 Å². The van der Waals surface area contributed by atoms with E-state index >= 15 is 0 Å². The lowest BCUT2D eigenvalue weighted by Crippen LogP contribution is -2.26. The fourth-order valence-electron chi connectivity index (χ4n) is 2.40. The van der Waals surface area contributed by atoms with Gasteiger partial charge in [0, 0.05) is 30.0 Å². The van der Waals surface area contributed by atoms with Crippen LogP contribution in [0.4, 0.5) is 0 Å². The first kappa shape index (κ1) is 19.4. The minimum absolute atomic E-state index is 0.160. The van der Waals surface area contributed by atoms with Crippen LogP contribution in [0, 0.1) is 6.92 Å². The number of amides is 1. The number of carbonyl (C=O) groups excluding carboxylic acids is 1. The van der Waals surface area contributed by atoms with Gasteiger partial charge >= 0.3 is 0 Å². The van der Waals surface area contributed by atoms with Gasteiger partial charge in [0.2, 0.25) is 0 Å². The number of ether oxygens (including phenoxy) is 1. The Kier molecular flexibility index (Phi) is 6.52. The summed E-state index contributed by atoms with van der Waals surface area (Å²) in [6.07, 6.45) is 4.41. The molecule has 9 heteroatoms. The Bertz CT molecular complexity index is 924. The predicted octanol–water partition coefficient (Wildman–Crippen LogP) is 3.66. The van der Waals surface area contributed by atoms with Crippen LogP contribution < -0.4 is 10.1 Å². The first-order chi connectivity index (χ1) is 13.0. The molecule has 0 radical (unpaired) electrons. The topological polar surface area (TPSA) is 74.0 Å². The van der Waals surface area contributed by atoms with E-state index < -0.39 is 0 Å². The van der Waals surface area contributed by atoms with E-state index in [1.165, 1.54) is 0 Å². The second-order valence-electron chi connectivity index (χ2n) is 5.92. The molecule has 0 aliphatic rings. The summed E-state index contributed by atoms with van der Waals surface area (Å²) in [6.45, 7) is 3.41. The number of nitrogens with zero attached hydrogens (tertiary/aromatic N) is 4. The maximum absolute atomic E-state index is 12.2. The summed E-state index contributed by atoms with van der Waals surface area (Å²) in [5, 5.41) is 11.9. The van der Waals surface area contributed by atoms with Gasteiger partial charge in [-0.25, -0.2) is 4.68 Å². The molecule has 0 unspecified atom stereocenters. The molecule has 0 aliphatic heterocycles. The summed E-state index contributed by atoms with van der Waals surface area (Å²) < 4.78 is 9.91. The van der Waals surface area contributed by atoms with Gasteiger partial charge in [-0.2, -0.15) is 10.2 Å². The number of halogens is 2. The van der Waals surface area contributed by atoms with Crippen molar-refractivity contribution in [3.05, 3.63) is 63.6 Å². The average Bonchev–Trinajstić information content (AvgIpc) is 3.27. The number of aryl methyl sites for hydroxylation is 2. The van der Waals surface area contributed by atoms with Crippen LogP contribution in [0.3, 0.4) is 0 Å². The predicted molar refractivity (Wildman–Crippen MR) is 106 cm³/mol. The summed E-state index contributed by atoms with van der Waals surface area (Å²) in [4.78, 5) is 12.2. The van der Waals surface area contributed by atoms with E-state index in [1.54, 1.807) is 29.1 Å². The highest BCUT2D eigenvalue weighted by molar-refractivity contribution is 9.10. The number of nitrogens with one attached hydrogen (secondary N) is 1. The molecule has 1 amide bonds. The summed E-state index contributed by atoms with van der Waals surface area (Å²) in [5.41, 5.74) is 1.33. The Balaban J connectivity index is 1.44. The second-order valence-corrected chi connectivity index (χ2v) is 7.24. The van der Waals surface area contributed by atoms with Crippen molar-refractivity contribution in [3.8, 4) is 5.75 Å². The lowest BCUT2D eigenvalue weighted by Gasteiger charge is -2.08. The summed E-state index contributed by atoms with van der Waals surface area (Å²) in [6, 6.07) is 8.97. The highest BCUT2D eigenvalue weighted by atomic mass is 79.9. The van der Waals surface area contributed by atoms with E-state index in [9.17, 15) is 4.79 Å². The third-order valence-electron chi connectivity index (χ3n) is 3.74. The molecule has 1 N–H and O–H groups in total. The van der Waals surface area contributed by atoms with Gasteiger partial charge < -0.3 is 10.1 Å². The first-order valence-corrected chi connectivity index (χ1v) is 9.58. The summed E-state index contributed by atoms with van der Waals surface area (Å²) >= 11 is 9.46. The van der Waals surface area contributed by atoms with Crippen LogP contribution in [-0.2, 0) is 13.3 Å². The van der Waals surface area contributed by atoms with Crippen LogP contribution in [0.1, 0.15) is 22.6 Å². The summed E-state index contributed by atoms with van der Waals surface area (Å²) in [5.74, 6) is 0.335. The van der Waals surface area contributed by atoms with Gasteiger partial charge in [0.25, 0.3) is 5.91 Å². The van der Waals surface area contributed by atoms with E-state index in [-0.39, 0.29) is 12.6 Å². The Hall–Kier alpha value is -2.32. The van der Waals surface area contributed by atoms with Crippen molar-refractivity contribution >= 4 is 33.4 Å². The molecule has 2 heterocycles. The maximum Gasteiger partial charge on any atom is 0.271 e. The largest absolute Gasteiger partial charge is 0.470 e. The van der Waals surface area contributed by atoms with Crippen molar-refractivity contribution in [2.24, 2.45) is 0 Å². The molecule has 3 aromatic rings. The SMILES string of the molecule is Cc1ccn(CCCNC(=O)c2ccn(COc3ccc(Br)cc3Cl)n2)n1. The second kappa shape index (κ2) is 9.05. The van der Waals surface area contributed by atoms with Gasteiger partial charge in [-0.05, 0) is 43.7 Å². The standard InChI is InChI=1S/C18H19BrClN5O2/c1-13-5-9-24(22-13)8-2-7-21-18(26)16-6-10-25(23-16)12-27-17-4-3-14(19)11-15(17)20/h3-6,9-11H,2,7-8,12H2,1H3,(H,21,26). The normalized spacial score (nSPS) is 10.8. The van der Waals surface area contributed by atoms with E-state index in [0.717, 1.165) is 23.1 Å². The molecule has 2 aromatic heterocycles. The molecule has 0 atom stereocenters. The molecule has 0 aliphatic carbocycles. The van der Waals surface area contributed by atoms with Crippen LogP contribution in [0.25, 0.3) is 0 Å². The van der Waals surface area contributed by atoms with Crippen molar-refractivity contribution in [2.75, 3.05) is 6.54 Å². The van der Waals surface area contributed by atoms with E-state index in [4.69, 9.17) is 16.3 Å². The lowest BCUT2D eigenvalue weighted by atomic mass is 10.3. The molecule has 0 saturated heterocycles. The monoisotopic (exact) mass is 451 g/mol. The van der Waals surface area contributed by atoms with Gasteiger partial charge in [0.1, 0.15) is 11.4 Å². The first-order valence-electron chi connectivity index (χ1n) is 8.41. The maximum atomic E-state index is 12.2. The molecular weight excluding hydrogens is 434 g/mol. The molecule has 0 fully saturated rings. The molecule has 1 aromatic carbocycles. The number of rotatable bonds is 8. The van der Waals surface area contributed by atoms with Gasteiger partial charge in [0.05, 0.1) is 10.7 Å². The number of benzene rings is 1. The Morgan fingerprint density at radius 1 is 1.22 bits per heavy atom. The van der Waals surface area contributed by atoms with Crippen molar-refractivity contribution in [3.63, 3.8) is 0 Å². The lowest BCUT2D eigenvalue weighted by molar-refractivity contribution is 0.0945. The fourth-order valence-corrected chi connectivity index (χ4v) is 3.13. The van der Waals surface area contributed by atoms with Crippen LogP contribution in [-0.4, -0.2) is 32.0 Å². The quantitative estimate of drug-likeness (QED) is 0.529. The zero-order valence-corrected chi connectivity index (χ0v) is 17.1. The zero-order chi connectivity index (χ0) is 19.2. The van der Waals surface area contributed by atoms with E-state index in [1.807, 2.05) is 29.9 Å². The number of hydrogen-bond acceptors (Lipinski definition) is 4. The highest BCUT2D eigenvalue weighted by Crippen LogP contribution is 2.27. The van der Waals surface area contributed by atoms with Gasteiger partial charge in [0.15, 0.2) is 6.73 Å². The average molecular weight is 453 g/mol. The van der Waals surface area contributed by atoms with Crippen LogP contribution >= 0.6 is 27.5 Å². The van der Waals surface area contributed by atoms with Crippen LogP contribution in [0.5, 0.6) is 5.75 Å². The molecular formula is C18H19BrClN5O2. The van der Waals surface area contributed by atoms with Crippen LogP contribution in [0.15, 0.2) is 47.2 Å².